The van der Waals surface area contributed by atoms with Crippen LogP contribution in [0, 0.1) is 70.9 Å². The summed E-state index contributed by atoms with van der Waals surface area (Å²) in [6.45, 7) is 0.571. The molecule has 0 aliphatic carbocycles. The third-order valence-electron chi connectivity index (χ3n) is 4.07. The van der Waals surface area contributed by atoms with Gasteiger partial charge in [0, 0.05) is 5.56 Å². The molecule has 0 unspecified atom stereocenters. The van der Waals surface area contributed by atoms with Crippen molar-refractivity contribution in [3.8, 4) is 11.1 Å². The van der Waals surface area contributed by atoms with Crippen LogP contribution in [0.3, 0.4) is 0 Å². The van der Waals surface area contributed by atoms with Crippen molar-refractivity contribution in [3.63, 3.8) is 0 Å². The molecule has 3 aromatic carbocycles. The largest absolute Gasteiger partial charge is 0.205 e. The summed E-state index contributed by atoms with van der Waals surface area (Å²) in [7, 11) is 0. The van der Waals surface area contributed by atoms with E-state index in [4.69, 9.17) is 0 Å². The number of rotatable bonds is 1. The van der Waals surface area contributed by atoms with Gasteiger partial charge < -0.3 is 0 Å². The molecule has 148 valence electrons. The van der Waals surface area contributed by atoms with Crippen molar-refractivity contribution in [2.45, 2.75) is 6.92 Å². The van der Waals surface area contributed by atoms with E-state index in [0.717, 1.165) is 0 Å². The van der Waals surface area contributed by atoms with Crippen molar-refractivity contribution in [3.05, 3.63) is 69.6 Å². The number of hydrogen-bond acceptors (Lipinski definition) is 0. The lowest BCUT2D eigenvalue weighted by molar-refractivity contribution is 0.411. The predicted molar refractivity (Wildman–Crippen MR) is 73.7 cm³/mol. The monoisotopic (exact) mass is 416 g/mol. The van der Waals surface area contributed by atoms with Gasteiger partial charge in [-0.15, -0.1) is 0 Å². The number of halogens is 11. The first kappa shape index (κ1) is 19.9. The number of fused-ring (bicyclic) bond motifs is 1. The molecule has 0 fully saturated rings. The molecule has 0 amide bonds. The summed E-state index contributed by atoms with van der Waals surface area (Å²) >= 11 is 0. The summed E-state index contributed by atoms with van der Waals surface area (Å²) in [5.41, 5.74) is -5.53. The molecule has 0 aromatic heterocycles. The van der Waals surface area contributed by atoms with Gasteiger partial charge in [0.15, 0.2) is 58.2 Å². The summed E-state index contributed by atoms with van der Waals surface area (Å²) in [6, 6.07) is 0. The minimum Gasteiger partial charge on any atom is -0.205 e. The van der Waals surface area contributed by atoms with E-state index in [0.29, 0.717) is 6.92 Å². The zero-order chi connectivity index (χ0) is 21.2. The van der Waals surface area contributed by atoms with E-state index in [9.17, 15) is 48.3 Å². The molecular weight excluding hydrogens is 413 g/mol. The Balaban J connectivity index is 2.64. The van der Waals surface area contributed by atoms with Gasteiger partial charge in [0.1, 0.15) is 5.82 Å². The average Bonchev–Trinajstić information content (AvgIpc) is 2.66. The van der Waals surface area contributed by atoms with E-state index in [1.54, 1.807) is 0 Å². The minimum atomic E-state index is -2.64. The molecule has 0 N–H and O–H groups in total. The van der Waals surface area contributed by atoms with E-state index < -0.39 is 91.5 Å². The topological polar surface area (TPSA) is 0 Å². The van der Waals surface area contributed by atoms with Crippen LogP contribution >= 0.6 is 0 Å². The smallest absolute Gasteiger partial charge is 0.198 e. The van der Waals surface area contributed by atoms with Crippen LogP contribution < -0.4 is 0 Å². The molecule has 0 atom stereocenters. The standard InChI is InChI=1S/C17H3F11/c1-2-7(18)10(21)5(11(22)8(2)19)3-9(20)4-6(13(24)12(3)23)15(26)17(28)16(27)14(4)25/h1H3. The van der Waals surface area contributed by atoms with Crippen LogP contribution in [0.1, 0.15) is 5.56 Å². The van der Waals surface area contributed by atoms with Crippen LogP contribution in [0.25, 0.3) is 21.9 Å². The fourth-order valence-corrected chi connectivity index (χ4v) is 2.67. The lowest BCUT2D eigenvalue weighted by Crippen LogP contribution is -2.09. The molecule has 0 heterocycles. The Hall–Kier alpha value is -2.85. The molecule has 0 nitrogen and oxygen atoms in total. The molecule has 0 spiro atoms. The van der Waals surface area contributed by atoms with Gasteiger partial charge in [-0.05, 0) is 6.92 Å². The second-order valence-corrected chi connectivity index (χ2v) is 5.58. The summed E-state index contributed by atoms with van der Waals surface area (Å²) in [5, 5.41) is -4.09. The Morgan fingerprint density at radius 1 is 0.321 bits per heavy atom. The molecule has 0 radical (unpaired) electrons. The van der Waals surface area contributed by atoms with Crippen LogP contribution in [-0.2, 0) is 0 Å². The van der Waals surface area contributed by atoms with E-state index in [2.05, 4.69) is 0 Å². The Kier molecular flexibility index (Phi) is 4.51. The van der Waals surface area contributed by atoms with Gasteiger partial charge in [-0.2, -0.15) is 0 Å². The summed E-state index contributed by atoms with van der Waals surface area (Å²) in [6.07, 6.45) is 0. The lowest BCUT2D eigenvalue weighted by atomic mass is 9.95. The van der Waals surface area contributed by atoms with Crippen LogP contribution in [0.5, 0.6) is 0 Å². The second kappa shape index (κ2) is 6.35. The third-order valence-corrected chi connectivity index (χ3v) is 4.07. The Labute approximate surface area is 147 Å². The van der Waals surface area contributed by atoms with Gasteiger partial charge in [0.05, 0.1) is 21.9 Å². The molecule has 0 bridgehead atoms. The van der Waals surface area contributed by atoms with Crippen molar-refractivity contribution in [2.24, 2.45) is 0 Å². The average molecular weight is 416 g/mol. The van der Waals surface area contributed by atoms with Gasteiger partial charge in [-0.3, -0.25) is 0 Å². The van der Waals surface area contributed by atoms with Gasteiger partial charge in [-0.25, -0.2) is 48.3 Å². The van der Waals surface area contributed by atoms with E-state index in [1.807, 2.05) is 0 Å². The molecule has 0 aliphatic heterocycles. The van der Waals surface area contributed by atoms with E-state index >= 15 is 0 Å². The predicted octanol–water partition coefficient (Wildman–Crippen LogP) is 6.35. The van der Waals surface area contributed by atoms with Crippen molar-refractivity contribution in [1.29, 1.82) is 0 Å². The fourth-order valence-electron chi connectivity index (χ4n) is 2.67. The highest BCUT2D eigenvalue weighted by Gasteiger charge is 2.35. The summed E-state index contributed by atoms with van der Waals surface area (Å²) in [5.74, 6) is -27.0. The van der Waals surface area contributed by atoms with Crippen LogP contribution in [0.4, 0.5) is 48.3 Å². The van der Waals surface area contributed by atoms with Gasteiger partial charge in [-0.1, -0.05) is 0 Å². The molecule has 0 aliphatic rings. The van der Waals surface area contributed by atoms with Crippen LogP contribution in [0.2, 0.25) is 0 Å². The first-order valence-electron chi connectivity index (χ1n) is 7.08. The van der Waals surface area contributed by atoms with Crippen molar-refractivity contribution >= 4 is 10.8 Å². The maximum atomic E-state index is 14.6. The highest BCUT2D eigenvalue weighted by Crippen LogP contribution is 2.41. The first-order valence-corrected chi connectivity index (χ1v) is 7.08. The number of hydrogen-bond donors (Lipinski definition) is 0. The van der Waals surface area contributed by atoms with Gasteiger partial charge in [0.2, 0.25) is 0 Å². The van der Waals surface area contributed by atoms with E-state index in [-0.39, 0.29) is 0 Å². The van der Waals surface area contributed by atoms with Gasteiger partial charge in [0.25, 0.3) is 0 Å². The molecule has 3 rings (SSSR count). The van der Waals surface area contributed by atoms with Crippen molar-refractivity contribution in [1.82, 2.24) is 0 Å². The zero-order valence-corrected chi connectivity index (χ0v) is 13.2. The highest BCUT2D eigenvalue weighted by atomic mass is 19.2. The normalized spacial score (nSPS) is 11.6. The highest BCUT2D eigenvalue weighted by molar-refractivity contribution is 5.90. The summed E-state index contributed by atoms with van der Waals surface area (Å²) in [4.78, 5) is 0. The fraction of sp³-hybridized carbons (Fsp3) is 0.0588. The molecule has 11 heteroatoms. The Morgan fingerprint density at radius 3 is 1.04 bits per heavy atom. The van der Waals surface area contributed by atoms with Crippen molar-refractivity contribution < 1.29 is 48.3 Å². The first-order chi connectivity index (χ1) is 12.9. The van der Waals surface area contributed by atoms with Crippen LogP contribution in [0.15, 0.2) is 0 Å². The lowest BCUT2D eigenvalue weighted by Gasteiger charge is -2.15. The molecule has 28 heavy (non-hydrogen) atoms. The minimum absolute atomic E-state index is 0.571. The maximum Gasteiger partial charge on any atom is 0.198 e. The number of benzene rings is 3. The van der Waals surface area contributed by atoms with E-state index in [1.165, 1.54) is 0 Å². The maximum absolute atomic E-state index is 14.6. The zero-order valence-electron chi connectivity index (χ0n) is 13.2. The second-order valence-electron chi connectivity index (χ2n) is 5.58. The summed E-state index contributed by atoms with van der Waals surface area (Å²) < 4.78 is 153. The SMILES string of the molecule is Cc1c(F)c(F)c(-c2c(F)c(F)c3c(F)c(F)c(F)c(F)c3c2F)c(F)c1F. The Bertz CT molecular complexity index is 1150. The molecule has 0 saturated heterocycles. The van der Waals surface area contributed by atoms with Crippen molar-refractivity contribution in [2.75, 3.05) is 0 Å². The molecular formula is C17H3F11. The molecule has 0 saturated carbocycles. The molecule has 3 aromatic rings. The quantitative estimate of drug-likeness (QED) is 0.247. The Morgan fingerprint density at radius 2 is 0.607 bits per heavy atom. The third kappa shape index (κ3) is 2.38. The van der Waals surface area contributed by atoms with Crippen LogP contribution in [-0.4, -0.2) is 0 Å². The van der Waals surface area contributed by atoms with Gasteiger partial charge >= 0.3 is 0 Å².